The summed E-state index contributed by atoms with van der Waals surface area (Å²) in [4.78, 5) is 14.8. The van der Waals surface area contributed by atoms with Gasteiger partial charge in [-0.15, -0.1) is 0 Å². The number of hydrogen-bond donors (Lipinski definition) is 0. The summed E-state index contributed by atoms with van der Waals surface area (Å²) in [6.45, 7) is 0.813. The van der Waals surface area contributed by atoms with Crippen molar-refractivity contribution in [1.29, 1.82) is 0 Å². The average molecular weight is 412 g/mol. The van der Waals surface area contributed by atoms with Crippen molar-refractivity contribution in [3.8, 4) is 28.6 Å². The van der Waals surface area contributed by atoms with Crippen molar-refractivity contribution >= 4 is 5.91 Å². The first-order valence-corrected chi connectivity index (χ1v) is 9.38. The van der Waals surface area contributed by atoms with Crippen LogP contribution in [0.5, 0.6) is 17.2 Å². The van der Waals surface area contributed by atoms with Crippen LogP contribution in [0.1, 0.15) is 21.6 Å². The first-order valence-electron chi connectivity index (χ1n) is 9.38. The van der Waals surface area contributed by atoms with Gasteiger partial charge in [0.1, 0.15) is 11.5 Å². The van der Waals surface area contributed by atoms with Gasteiger partial charge in [0.25, 0.3) is 5.91 Å². The van der Waals surface area contributed by atoms with E-state index in [0.717, 1.165) is 11.1 Å². The zero-order valence-corrected chi connectivity index (χ0v) is 16.9. The van der Waals surface area contributed by atoms with Gasteiger partial charge in [-0.1, -0.05) is 5.16 Å². The number of ether oxygens (including phenoxy) is 3. The molecule has 0 bridgehead atoms. The SMILES string of the molecule is COc1cc(C(=O)N2CCc3c(noc3-c3ccc(F)cc3)C2)cc(OC)c1OC. The molecule has 0 N–H and O–H groups in total. The lowest BCUT2D eigenvalue weighted by Gasteiger charge is -2.26. The minimum Gasteiger partial charge on any atom is -0.493 e. The highest BCUT2D eigenvalue weighted by Crippen LogP contribution is 2.39. The van der Waals surface area contributed by atoms with Crippen molar-refractivity contribution < 1.29 is 27.9 Å². The Hall–Kier alpha value is -3.55. The van der Waals surface area contributed by atoms with E-state index in [0.29, 0.717) is 53.8 Å². The number of methoxy groups -OCH3 is 3. The molecular weight excluding hydrogens is 391 g/mol. The van der Waals surface area contributed by atoms with Crippen LogP contribution >= 0.6 is 0 Å². The average Bonchev–Trinajstić information content (AvgIpc) is 3.21. The Balaban J connectivity index is 1.60. The van der Waals surface area contributed by atoms with E-state index in [2.05, 4.69) is 5.16 Å². The zero-order valence-electron chi connectivity index (χ0n) is 16.9. The van der Waals surface area contributed by atoms with Crippen LogP contribution < -0.4 is 14.2 Å². The number of benzene rings is 2. The summed E-state index contributed by atoms with van der Waals surface area (Å²) in [6, 6.07) is 9.34. The highest BCUT2D eigenvalue weighted by molar-refractivity contribution is 5.95. The van der Waals surface area contributed by atoms with Crippen LogP contribution in [-0.2, 0) is 13.0 Å². The number of fused-ring (bicyclic) bond motifs is 1. The lowest BCUT2D eigenvalue weighted by Crippen LogP contribution is -2.36. The number of hydrogen-bond acceptors (Lipinski definition) is 6. The molecule has 3 aromatic rings. The largest absolute Gasteiger partial charge is 0.493 e. The van der Waals surface area contributed by atoms with Gasteiger partial charge in [0.05, 0.1) is 27.9 Å². The summed E-state index contributed by atoms with van der Waals surface area (Å²) in [5.41, 5.74) is 2.82. The molecule has 0 saturated carbocycles. The highest BCUT2D eigenvalue weighted by Gasteiger charge is 2.29. The minimum absolute atomic E-state index is 0.175. The van der Waals surface area contributed by atoms with Gasteiger partial charge in [0.15, 0.2) is 17.3 Å². The molecule has 1 amide bonds. The lowest BCUT2D eigenvalue weighted by molar-refractivity contribution is 0.0730. The Labute approximate surface area is 172 Å². The van der Waals surface area contributed by atoms with Crippen LogP contribution in [0.2, 0.25) is 0 Å². The quantitative estimate of drug-likeness (QED) is 0.636. The maximum atomic E-state index is 13.2. The molecule has 30 heavy (non-hydrogen) atoms. The van der Waals surface area contributed by atoms with Crippen molar-refractivity contribution in [3.63, 3.8) is 0 Å². The Kier molecular flexibility index (Phi) is 5.31. The van der Waals surface area contributed by atoms with Crippen molar-refractivity contribution in [1.82, 2.24) is 10.1 Å². The van der Waals surface area contributed by atoms with Gasteiger partial charge in [0, 0.05) is 23.2 Å². The van der Waals surface area contributed by atoms with E-state index in [1.807, 2.05) is 0 Å². The fraction of sp³-hybridized carbons (Fsp3) is 0.273. The molecule has 0 radical (unpaired) electrons. The number of carbonyl (C=O) groups is 1. The predicted molar refractivity (Wildman–Crippen MR) is 106 cm³/mol. The normalized spacial score (nSPS) is 13.0. The summed E-state index contributed by atoms with van der Waals surface area (Å²) in [7, 11) is 4.52. The van der Waals surface area contributed by atoms with E-state index in [9.17, 15) is 9.18 Å². The molecule has 0 saturated heterocycles. The molecule has 2 heterocycles. The predicted octanol–water partition coefficient (Wildman–Crippen LogP) is 3.71. The summed E-state index contributed by atoms with van der Waals surface area (Å²) in [5.74, 6) is 1.39. The highest BCUT2D eigenvalue weighted by atomic mass is 19.1. The first-order chi connectivity index (χ1) is 14.5. The summed E-state index contributed by atoms with van der Waals surface area (Å²) in [6.07, 6.45) is 0.585. The van der Waals surface area contributed by atoms with Crippen molar-refractivity contribution in [3.05, 3.63) is 59.0 Å². The fourth-order valence-electron chi connectivity index (χ4n) is 3.62. The number of halogens is 1. The topological polar surface area (TPSA) is 74.0 Å². The van der Waals surface area contributed by atoms with Crippen LogP contribution in [0.25, 0.3) is 11.3 Å². The van der Waals surface area contributed by atoms with Crippen molar-refractivity contribution in [2.75, 3.05) is 27.9 Å². The molecule has 1 aliphatic heterocycles. The first kappa shape index (κ1) is 19.8. The lowest BCUT2D eigenvalue weighted by atomic mass is 10.00. The molecule has 0 unspecified atom stereocenters. The van der Waals surface area contributed by atoms with E-state index in [4.69, 9.17) is 18.7 Å². The number of carbonyl (C=O) groups excluding carboxylic acids is 1. The standard InChI is InChI=1S/C22H21FN2O5/c1-27-18-10-14(11-19(28-2)21(18)29-3)22(26)25-9-8-16-17(12-25)24-30-20(16)13-4-6-15(23)7-5-13/h4-7,10-11H,8-9,12H2,1-3H3. The molecule has 4 rings (SSSR count). The van der Waals surface area contributed by atoms with E-state index in [1.165, 1.54) is 33.5 Å². The second-order valence-electron chi connectivity index (χ2n) is 6.83. The number of rotatable bonds is 5. The van der Waals surface area contributed by atoms with Crippen LogP contribution in [0.3, 0.4) is 0 Å². The Morgan fingerprint density at radius 2 is 1.73 bits per heavy atom. The molecular formula is C22H21FN2O5. The minimum atomic E-state index is -0.311. The second kappa shape index (κ2) is 8.06. The van der Waals surface area contributed by atoms with Crippen molar-refractivity contribution in [2.45, 2.75) is 13.0 Å². The molecule has 2 aromatic carbocycles. The Morgan fingerprint density at radius 1 is 1.07 bits per heavy atom. The van der Waals surface area contributed by atoms with Crippen LogP contribution in [0.4, 0.5) is 4.39 Å². The van der Waals surface area contributed by atoms with Gasteiger partial charge in [-0.3, -0.25) is 4.79 Å². The number of aromatic nitrogens is 1. The number of nitrogens with zero attached hydrogens (tertiary/aromatic N) is 2. The third kappa shape index (κ3) is 3.45. The third-order valence-corrected chi connectivity index (χ3v) is 5.15. The monoisotopic (exact) mass is 412 g/mol. The third-order valence-electron chi connectivity index (χ3n) is 5.15. The Morgan fingerprint density at radius 3 is 2.33 bits per heavy atom. The van der Waals surface area contributed by atoms with Gasteiger partial charge in [0.2, 0.25) is 5.75 Å². The van der Waals surface area contributed by atoms with Crippen molar-refractivity contribution in [2.24, 2.45) is 0 Å². The van der Waals surface area contributed by atoms with E-state index in [1.54, 1.807) is 29.2 Å². The van der Waals surface area contributed by atoms with E-state index in [-0.39, 0.29) is 11.7 Å². The van der Waals surface area contributed by atoms with Gasteiger partial charge in [-0.25, -0.2) is 4.39 Å². The van der Waals surface area contributed by atoms with Crippen LogP contribution in [0.15, 0.2) is 40.9 Å². The zero-order chi connectivity index (χ0) is 21.3. The molecule has 7 nitrogen and oxygen atoms in total. The fourth-order valence-corrected chi connectivity index (χ4v) is 3.62. The maximum Gasteiger partial charge on any atom is 0.254 e. The molecule has 8 heteroatoms. The molecule has 0 spiro atoms. The van der Waals surface area contributed by atoms with Gasteiger partial charge >= 0.3 is 0 Å². The summed E-state index contributed by atoms with van der Waals surface area (Å²) >= 11 is 0. The maximum absolute atomic E-state index is 13.2. The molecule has 0 atom stereocenters. The molecule has 0 aliphatic carbocycles. The van der Waals surface area contributed by atoms with E-state index < -0.39 is 0 Å². The summed E-state index contributed by atoms with van der Waals surface area (Å²) < 4.78 is 34.7. The summed E-state index contributed by atoms with van der Waals surface area (Å²) in [5, 5.41) is 4.14. The molecule has 1 aromatic heterocycles. The number of amides is 1. The smallest absolute Gasteiger partial charge is 0.254 e. The molecule has 0 fully saturated rings. The van der Waals surface area contributed by atoms with Crippen LogP contribution in [0, 0.1) is 5.82 Å². The van der Waals surface area contributed by atoms with E-state index >= 15 is 0 Å². The van der Waals surface area contributed by atoms with Gasteiger partial charge in [-0.2, -0.15) is 0 Å². The molecule has 156 valence electrons. The molecule has 1 aliphatic rings. The van der Waals surface area contributed by atoms with Gasteiger partial charge < -0.3 is 23.6 Å². The van der Waals surface area contributed by atoms with Crippen LogP contribution in [-0.4, -0.2) is 43.8 Å². The Bertz CT molecular complexity index is 1050. The second-order valence-corrected chi connectivity index (χ2v) is 6.83. The van der Waals surface area contributed by atoms with Gasteiger partial charge in [-0.05, 0) is 42.8 Å².